The van der Waals surface area contributed by atoms with Gasteiger partial charge in [0, 0.05) is 15.0 Å². The standard InChI is InChI=1S/C24H26ClNO4S2/c1-24(2,3)12-6-8-14-16(10-12)32-22(18(14)23(28)30-5)26-21(27)20-19(25)15-9-7-13(29-4)11-17(15)31-20/h7,9,11-12H,6,8,10H2,1-5H3,(H,26,27). The number of carbonyl (C=O) groups is 2. The van der Waals surface area contributed by atoms with Crippen LogP contribution in [0.5, 0.6) is 5.75 Å². The molecule has 4 rings (SSSR count). The summed E-state index contributed by atoms with van der Waals surface area (Å²) in [5.41, 5.74) is 1.67. The quantitative estimate of drug-likeness (QED) is 0.407. The number of carbonyl (C=O) groups excluding carboxylic acids is 2. The van der Waals surface area contributed by atoms with E-state index in [9.17, 15) is 9.59 Å². The molecule has 3 aromatic rings. The molecule has 2 heterocycles. The minimum atomic E-state index is -0.417. The Bertz CT molecular complexity index is 1210. The fourth-order valence-corrected chi connectivity index (χ4v) is 6.96. The molecule has 170 valence electrons. The molecular formula is C24H26ClNO4S2. The molecule has 5 nitrogen and oxygen atoms in total. The van der Waals surface area contributed by atoms with Gasteiger partial charge >= 0.3 is 5.97 Å². The number of ether oxygens (including phenoxy) is 2. The maximum atomic E-state index is 13.2. The highest BCUT2D eigenvalue weighted by Crippen LogP contribution is 2.45. The summed E-state index contributed by atoms with van der Waals surface area (Å²) in [5, 5.41) is 4.69. The van der Waals surface area contributed by atoms with Gasteiger partial charge in [-0.05, 0) is 54.4 Å². The minimum Gasteiger partial charge on any atom is -0.497 e. The van der Waals surface area contributed by atoms with E-state index in [0.717, 1.165) is 39.8 Å². The molecule has 1 aromatic carbocycles. The van der Waals surface area contributed by atoms with Gasteiger partial charge < -0.3 is 14.8 Å². The van der Waals surface area contributed by atoms with Gasteiger partial charge in [-0.1, -0.05) is 32.4 Å². The third-order valence-electron chi connectivity index (χ3n) is 6.15. The monoisotopic (exact) mass is 491 g/mol. The SMILES string of the molecule is COC(=O)c1c(NC(=O)c2sc3cc(OC)ccc3c2Cl)sc2c1CCC(C(C)(C)C)C2. The van der Waals surface area contributed by atoms with E-state index in [-0.39, 0.29) is 11.3 Å². The Morgan fingerprint density at radius 2 is 1.94 bits per heavy atom. The molecule has 1 N–H and O–H groups in total. The molecule has 0 aliphatic heterocycles. The number of benzene rings is 1. The third-order valence-corrected chi connectivity index (χ3v) is 8.98. The molecule has 1 amide bonds. The minimum absolute atomic E-state index is 0.183. The van der Waals surface area contributed by atoms with E-state index in [2.05, 4.69) is 26.1 Å². The molecule has 0 fully saturated rings. The van der Waals surface area contributed by atoms with Crippen molar-refractivity contribution in [1.29, 1.82) is 0 Å². The van der Waals surface area contributed by atoms with Gasteiger partial charge in [0.25, 0.3) is 5.91 Å². The van der Waals surface area contributed by atoms with Crippen LogP contribution in [0.15, 0.2) is 18.2 Å². The summed E-state index contributed by atoms with van der Waals surface area (Å²) in [5.74, 6) is 0.481. The summed E-state index contributed by atoms with van der Waals surface area (Å²) in [6.45, 7) is 6.75. The number of nitrogens with one attached hydrogen (secondary N) is 1. The molecule has 2 aromatic heterocycles. The van der Waals surface area contributed by atoms with Crippen LogP contribution in [-0.4, -0.2) is 26.1 Å². The van der Waals surface area contributed by atoms with Gasteiger partial charge in [-0.15, -0.1) is 22.7 Å². The van der Waals surface area contributed by atoms with E-state index in [1.165, 1.54) is 29.8 Å². The fourth-order valence-electron chi connectivity index (χ4n) is 4.21. The summed E-state index contributed by atoms with van der Waals surface area (Å²) >= 11 is 9.31. The maximum Gasteiger partial charge on any atom is 0.341 e. The molecule has 1 unspecified atom stereocenters. The molecule has 32 heavy (non-hydrogen) atoms. The Labute approximate surface area is 200 Å². The summed E-state index contributed by atoms with van der Waals surface area (Å²) in [4.78, 5) is 27.4. The first-order chi connectivity index (χ1) is 15.1. The Morgan fingerprint density at radius 1 is 1.19 bits per heavy atom. The first-order valence-corrected chi connectivity index (χ1v) is 12.4. The molecule has 1 aliphatic rings. The highest BCUT2D eigenvalue weighted by atomic mass is 35.5. The number of rotatable bonds is 4. The van der Waals surface area contributed by atoms with Crippen molar-refractivity contribution in [3.8, 4) is 5.75 Å². The van der Waals surface area contributed by atoms with E-state index in [0.29, 0.717) is 32.1 Å². The van der Waals surface area contributed by atoms with E-state index < -0.39 is 5.97 Å². The van der Waals surface area contributed by atoms with Gasteiger partial charge in [-0.2, -0.15) is 0 Å². The van der Waals surface area contributed by atoms with Crippen LogP contribution in [0.25, 0.3) is 10.1 Å². The first kappa shape index (κ1) is 23.1. The van der Waals surface area contributed by atoms with Crippen molar-refractivity contribution in [3.63, 3.8) is 0 Å². The van der Waals surface area contributed by atoms with Crippen molar-refractivity contribution in [1.82, 2.24) is 0 Å². The zero-order chi connectivity index (χ0) is 23.2. The predicted molar refractivity (Wildman–Crippen MR) is 132 cm³/mol. The van der Waals surface area contributed by atoms with Gasteiger partial charge in [0.15, 0.2) is 0 Å². The fraction of sp³-hybridized carbons (Fsp3) is 0.417. The van der Waals surface area contributed by atoms with Crippen LogP contribution >= 0.6 is 34.3 Å². The van der Waals surface area contributed by atoms with Gasteiger partial charge in [-0.3, -0.25) is 4.79 Å². The van der Waals surface area contributed by atoms with Crippen molar-refractivity contribution in [3.05, 3.63) is 44.1 Å². The van der Waals surface area contributed by atoms with E-state index >= 15 is 0 Å². The molecule has 8 heteroatoms. The third kappa shape index (κ3) is 4.14. The van der Waals surface area contributed by atoms with Crippen LogP contribution in [0.3, 0.4) is 0 Å². The number of hydrogen-bond donors (Lipinski definition) is 1. The van der Waals surface area contributed by atoms with Crippen molar-refractivity contribution in [2.45, 2.75) is 40.0 Å². The van der Waals surface area contributed by atoms with Crippen LogP contribution < -0.4 is 10.1 Å². The van der Waals surface area contributed by atoms with Crippen LogP contribution in [0.4, 0.5) is 5.00 Å². The predicted octanol–water partition coefficient (Wildman–Crippen LogP) is 6.81. The lowest BCUT2D eigenvalue weighted by Crippen LogP contribution is -2.26. The second-order valence-corrected chi connectivity index (χ2v) is 11.6. The number of methoxy groups -OCH3 is 2. The zero-order valence-corrected chi connectivity index (χ0v) is 21.1. The Balaban J connectivity index is 1.69. The molecule has 0 saturated carbocycles. The first-order valence-electron chi connectivity index (χ1n) is 10.4. The summed E-state index contributed by atoms with van der Waals surface area (Å²) in [6, 6.07) is 5.52. The van der Waals surface area contributed by atoms with Crippen LogP contribution in [0.1, 0.15) is 57.7 Å². The smallest absolute Gasteiger partial charge is 0.341 e. The zero-order valence-electron chi connectivity index (χ0n) is 18.8. The van der Waals surface area contributed by atoms with Gasteiger partial charge in [-0.25, -0.2) is 4.79 Å². The lowest BCUT2D eigenvalue weighted by Gasteiger charge is -2.33. The van der Waals surface area contributed by atoms with E-state index in [1.54, 1.807) is 7.11 Å². The summed E-state index contributed by atoms with van der Waals surface area (Å²) in [7, 11) is 2.97. The molecule has 1 aliphatic carbocycles. The van der Waals surface area contributed by atoms with Gasteiger partial charge in [0.1, 0.15) is 15.6 Å². The number of hydrogen-bond acceptors (Lipinski definition) is 6. The van der Waals surface area contributed by atoms with Gasteiger partial charge in [0.2, 0.25) is 0 Å². The molecule has 1 atom stereocenters. The average Bonchev–Trinajstić information content (AvgIpc) is 3.28. The Kier molecular flexibility index (Phi) is 6.27. The Hall–Kier alpha value is -2.09. The van der Waals surface area contributed by atoms with Crippen molar-refractivity contribution in [2.24, 2.45) is 11.3 Å². The lowest BCUT2D eigenvalue weighted by molar-refractivity contribution is 0.0600. The second-order valence-electron chi connectivity index (χ2n) is 9.07. The number of esters is 1. The average molecular weight is 492 g/mol. The molecule has 0 radical (unpaired) electrons. The summed E-state index contributed by atoms with van der Waals surface area (Å²) < 4.78 is 11.2. The number of anilines is 1. The molecule has 0 spiro atoms. The number of thiophene rings is 2. The highest BCUT2D eigenvalue weighted by molar-refractivity contribution is 7.22. The van der Waals surface area contributed by atoms with Crippen molar-refractivity contribution in [2.75, 3.05) is 19.5 Å². The number of halogens is 1. The van der Waals surface area contributed by atoms with Crippen molar-refractivity contribution >= 4 is 61.2 Å². The lowest BCUT2D eigenvalue weighted by atomic mass is 9.72. The van der Waals surface area contributed by atoms with E-state index in [1.807, 2.05) is 18.2 Å². The topological polar surface area (TPSA) is 64.6 Å². The van der Waals surface area contributed by atoms with E-state index in [4.69, 9.17) is 21.1 Å². The second kappa shape index (κ2) is 8.69. The maximum absolute atomic E-state index is 13.2. The molecular weight excluding hydrogens is 466 g/mol. The summed E-state index contributed by atoms with van der Waals surface area (Å²) in [6.07, 6.45) is 2.71. The normalized spacial score (nSPS) is 16.0. The van der Waals surface area contributed by atoms with Gasteiger partial charge in [0.05, 0.1) is 24.8 Å². The largest absolute Gasteiger partial charge is 0.497 e. The Morgan fingerprint density at radius 3 is 2.59 bits per heavy atom. The molecule has 0 saturated heterocycles. The van der Waals surface area contributed by atoms with Crippen LogP contribution in [0, 0.1) is 11.3 Å². The molecule has 0 bridgehead atoms. The van der Waals surface area contributed by atoms with Crippen molar-refractivity contribution < 1.29 is 19.1 Å². The highest BCUT2D eigenvalue weighted by Gasteiger charge is 2.34. The van der Waals surface area contributed by atoms with Crippen LogP contribution in [-0.2, 0) is 17.6 Å². The number of fused-ring (bicyclic) bond motifs is 2. The number of amides is 1. The van der Waals surface area contributed by atoms with Crippen LogP contribution in [0.2, 0.25) is 5.02 Å².